The lowest BCUT2D eigenvalue weighted by Crippen LogP contribution is -2.45. The topological polar surface area (TPSA) is 66.5 Å². The second-order valence-corrected chi connectivity index (χ2v) is 9.83. The zero-order valence-corrected chi connectivity index (χ0v) is 18.0. The molecule has 0 radical (unpaired) electrons. The van der Waals surface area contributed by atoms with Gasteiger partial charge in [0.15, 0.2) is 0 Å². The van der Waals surface area contributed by atoms with Gasteiger partial charge in [0.25, 0.3) is 0 Å². The minimum atomic E-state index is -3.56. The van der Waals surface area contributed by atoms with Crippen molar-refractivity contribution in [2.24, 2.45) is 5.92 Å². The third-order valence-electron chi connectivity index (χ3n) is 5.48. The van der Waals surface area contributed by atoms with E-state index in [9.17, 15) is 13.2 Å². The lowest BCUT2D eigenvalue weighted by molar-refractivity contribution is -0.126. The minimum Gasteiger partial charge on any atom is -0.356 e. The third kappa shape index (κ3) is 5.67. The number of hydrogen-bond donors (Lipinski definition) is 1. The first kappa shape index (κ1) is 21.5. The minimum absolute atomic E-state index is 0.0438. The van der Waals surface area contributed by atoms with Crippen LogP contribution in [0.15, 0.2) is 53.4 Å². The predicted octanol–water partition coefficient (Wildman–Crippen LogP) is 3.45. The molecule has 0 aromatic heterocycles. The molecule has 1 amide bonds. The van der Waals surface area contributed by atoms with E-state index in [2.05, 4.69) is 36.5 Å². The molecule has 0 bridgehead atoms. The molecule has 2 aromatic rings. The van der Waals surface area contributed by atoms with E-state index in [4.69, 9.17) is 0 Å². The van der Waals surface area contributed by atoms with Crippen molar-refractivity contribution < 1.29 is 13.2 Å². The summed E-state index contributed by atoms with van der Waals surface area (Å²) in [6.07, 6.45) is 3.21. The van der Waals surface area contributed by atoms with Crippen molar-refractivity contribution >= 4 is 15.9 Å². The van der Waals surface area contributed by atoms with Gasteiger partial charge in [-0.15, -0.1) is 0 Å². The highest BCUT2D eigenvalue weighted by Crippen LogP contribution is 2.24. The maximum atomic E-state index is 12.9. The Morgan fingerprint density at radius 3 is 2.31 bits per heavy atom. The van der Waals surface area contributed by atoms with E-state index >= 15 is 0 Å². The number of piperidine rings is 1. The molecule has 1 atom stereocenters. The normalized spacial score (nSPS) is 17.8. The highest BCUT2D eigenvalue weighted by Gasteiger charge is 2.33. The standard InChI is InChI=1S/C23H30N2O3S/c1-18-7-11-20(12-8-18)5-3-15-24-23(26)21-6-4-16-25(17-21)29(27,28)22-13-9-19(2)10-14-22/h7-14,21H,3-6,15-17H2,1-2H3,(H,24,26)/t21-/m0/s1. The summed E-state index contributed by atoms with van der Waals surface area (Å²) in [5.41, 5.74) is 3.52. The van der Waals surface area contributed by atoms with Gasteiger partial charge in [0.05, 0.1) is 10.8 Å². The van der Waals surface area contributed by atoms with E-state index in [1.165, 1.54) is 15.4 Å². The molecule has 1 aliphatic rings. The van der Waals surface area contributed by atoms with Crippen LogP contribution in [0.1, 0.15) is 36.0 Å². The quantitative estimate of drug-likeness (QED) is 0.706. The SMILES string of the molecule is Cc1ccc(CCCNC(=O)[C@H]2CCCN(S(=O)(=O)c3ccc(C)cc3)C2)cc1. The lowest BCUT2D eigenvalue weighted by Gasteiger charge is -2.31. The summed E-state index contributed by atoms with van der Waals surface area (Å²) >= 11 is 0. The van der Waals surface area contributed by atoms with Gasteiger partial charge in [0.1, 0.15) is 0 Å². The summed E-state index contributed by atoms with van der Waals surface area (Å²) in [5, 5.41) is 2.99. The summed E-state index contributed by atoms with van der Waals surface area (Å²) in [6, 6.07) is 15.3. The van der Waals surface area contributed by atoms with Crippen LogP contribution in [0, 0.1) is 19.8 Å². The summed E-state index contributed by atoms with van der Waals surface area (Å²) in [5.74, 6) is -0.332. The van der Waals surface area contributed by atoms with Crippen LogP contribution in [0.4, 0.5) is 0 Å². The molecule has 1 aliphatic heterocycles. The summed E-state index contributed by atoms with van der Waals surface area (Å²) in [7, 11) is -3.56. The van der Waals surface area contributed by atoms with Crippen molar-refractivity contribution in [3.05, 3.63) is 65.2 Å². The molecule has 5 nitrogen and oxygen atoms in total. The van der Waals surface area contributed by atoms with Crippen molar-refractivity contribution in [2.45, 2.75) is 44.4 Å². The van der Waals surface area contributed by atoms with Crippen LogP contribution in [-0.2, 0) is 21.2 Å². The Morgan fingerprint density at radius 1 is 1.03 bits per heavy atom. The Morgan fingerprint density at radius 2 is 1.66 bits per heavy atom. The number of carbonyl (C=O) groups is 1. The molecule has 1 fully saturated rings. The molecule has 2 aromatic carbocycles. The number of carbonyl (C=O) groups excluding carboxylic acids is 1. The highest BCUT2D eigenvalue weighted by atomic mass is 32.2. The molecule has 0 spiro atoms. The number of sulfonamides is 1. The summed E-state index contributed by atoms with van der Waals surface area (Å²) < 4.78 is 27.3. The Hall–Kier alpha value is -2.18. The van der Waals surface area contributed by atoms with Crippen molar-refractivity contribution in [1.82, 2.24) is 9.62 Å². The summed E-state index contributed by atoms with van der Waals surface area (Å²) in [4.78, 5) is 12.9. The van der Waals surface area contributed by atoms with Gasteiger partial charge in [-0.05, 0) is 57.2 Å². The van der Waals surface area contributed by atoms with Gasteiger partial charge in [0.2, 0.25) is 15.9 Å². The smallest absolute Gasteiger partial charge is 0.243 e. The summed E-state index contributed by atoms with van der Waals surface area (Å²) in [6.45, 7) is 5.31. The van der Waals surface area contributed by atoms with Gasteiger partial charge in [-0.2, -0.15) is 4.31 Å². The van der Waals surface area contributed by atoms with E-state index in [-0.39, 0.29) is 18.4 Å². The zero-order valence-electron chi connectivity index (χ0n) is 17.2. The van der Waals surface area contributed by atoms with Crippen LogP contribution in [-0.4, -0.2) is 38.3 Å². The van der Waals surface area contributed by atoms with Crippen LogP contribution in [0.2, 0.25) is 0 Å². The van der Waals surface area contributed by atoms with Crippen LogP contribution < -0.4 is 5.32 Å². The Labute approximate surface area is 174 Å². The van der Waals surface area contributed by atoms with Gasteiger partial charge in [-0.3, -0.25) is 4.79 Å². The van der Waals surface area contributed by atoms with Crippen LogP contribution >= 0.6 is 0 Å². The Kier molecular flexibility index (Phi) is 7.09. The maximum Gasteiger partial charge on any atom is 0.243 e. The fraction of sp³-hybridized carbons (Fsp3) is 0.435. The molecule has 3 rings (SSSR count). The second-order valence-electron chi connectivity index (χ2n) is 7.90. The largest absolute Gasteiger partial charge is 0.356 e. The molecular weight excluding hydrogens is 384 g/mol. The molecule has 1 N–H and O–H groups in total. The maximum absolute atomic E-state index is 12.9. The number of aryl methyl sites for hydroxylation is 3. The van der Waals surface area contributed by atoms with Crippen LogP contribution in [0.25, 0.3) is 0 Å². The van der Waals surface area contributed by atoms with Gasteiger partial charge in [-0.1, -0.05) is 47.5 Å². The van der Waals surface area contributed by atoms with E-state index in [0.29, 0.717) is 24.4 Å². The first-order valence-corrected chi connectivity index (χ1v) is 11.7. The van der Waals surface area contributed by atoms with E-state index in [0.717, 1.165) is 24.8 Å². The number of nitrogens with one attached hydrogen (secondary N) is 1. The van der Waals surface area contributed by atoms with Crippen molar-refractivity contribution in [3.8, 4) is 0 Å². The number of benzene rings is 2. The predicted molar refractivity (Wildman–Crippen MR) is 115 cm³/mol. The Bertz CT molecular complexity index is 922. The lowest BCUT2D eigenvalue weighted by atomic mass is 9.99. The molecule has 0 unspecified atom stereocenters. The monoisotopic (exact) mass is 414 g/mol. The molecule has 156 valence electrons. The van der Waals surface area contributed by atoms with Crippen molar-refractivity contribution in [1.29, 1.82) is 0 Å². The fourth-order valence-electron chi connectivity index (χ4n) is 3.64. The molecular formula is C23H30N2O3S. The molecule has 6 heteroatoms. The van der Waals surface area contributed by atoms with Crippen molar-refractivity contribution in [3.63, 3.8) is 0 Å². The average Bonchev–Trinajstić information content (AvgIpc) is 2.73. The van der Waals surface area contributed by atoms with E-state index in [1.54, 1.807) is 24.3 Å². The molecule has 1 saturated heterocycles. The molecule has 1 heterocycles. The van der Waals surface area contributed by atoms with Gasteiger partial charge in [-0.25, -0.2) is 8.42 Å². The van der Waals surface area contributed by atoms with Crippen LogP contribution in [0.3, 0.4) is 0 Å². The van der Waals surface area contributed by atoms with E-state index < -0.39 is 10.0 Å². The number of hydrogen-bond acceptors (Lipinski definition) is 3. The third-order valence-corrected chi connectivity index (χ3v) is 7.36. The Balaban J connectivity index is 1.51. The fourth-order valence-corrected chi connectivity index (χ4v) is 5.16. The first-order chi connectivity index (χ1) is 13.9. The number of amides is 1. The van der Waals surface area contributed by atoms with Crippen LogP contribution in [0.5, 0.6) is 0 Å². The first-order valence-electron chi connectivity index (χ1n) is 10.3. The second kappa shape index (κ2) is 9.55. The molecule has 29 heavy (non-hydrogen) atoms. The van der Waals surface area contributed by atoms with Gasteiger partial charge < -0.3 is 5.32 Å². The highest BCUT2D eigenvalue weighted by molar-refractivity contribution is 7.89. The number of rotatable bonds is 7. The van der Waals surface area contributed by atoms with Crippen molar-refractivity contribution in [2.75, 3.05) is 19.6 Å². The zero-order chi connectivity index (χ0) is 20.9. The van der Waals surface area contributed by atoms with Gasteiger partial charge >= 0.3 is 0 Å². The molecule has 0 saturated carbocycles. The molecule has 0 aliphatic carbocycles. The average molecular weight is 415 g/mol. The van der Waals surface area contributed by atoms with E-state index in [1.807, 2.05) is 6.92 Å². The van der Waals surface area contributed by atoms with Gasteiger partial charge in [0, 0.05) is 19.6 Å². The number of nitrogens with zero attached hydrogens (tertiary/aromatic N) is 1.